The Labute approximate surface area is 136 Å². The van der Waals surface area contributed by atoms with Crippen molar-refractivity contribution in [3.05, 3.63) is 46.4 Å². The maximum Gasteiger partial charge on any atom is 0.148 e. The predicted molar refractivity (Wildman–Crippen MR) is 91.7 cm³/mol. The fourth-order valence-electron chi connectivity index (χ4n) is 2.93. The summed E-state index contributed by atoms with van der Waals surface area (Å²) in [6, 6.07) is 6.60. The van der Waals surface area contributed by atoms with Crippen molar-refractivity contribution in [1.29, 1.82) is 0 Å². The van der Waals surface area contributed by atoms with E-state index in [2.05, 4.69) is 45.7 Å². The van der Waals surface area contributed by atoms with E-state index in [9.17, 15) is 0 Å². The lowest BCUT2D eigenvalue weighted by Crippen LogP contribution is -2.17. The molecule has 0 fully saturated rings. The second-order valence-electron chi connectivity index (χ2n) is 5.61. The lowest BCUT2D eigenvalue weighted by molar-refractivity contribution is 0.805. The van der Waals surface area contributed by atoms with Crippen molar-refractivity contribution in [2.75, 3.05) is 17.2 Å². The molecule has 1 aliphatic rings. The first-order valence-corrected chi connectivity index (χ1v) is 8.20. The molecule has 0 saturated heterocycles. The van der Waals surface area contributed by atoms with Crippen LogP contribution in [0.5, 0.6) is 0 Å². The lowest BCUT2D eigenvalue weighted by atomic mass is 9.96. The molecule has 0 amide bonds. The van der Waals surface area contributed by atoms with Crippen LogP contribution in [-0.4, -0.2) is 16.5 Å². The smallest absolute Gasteiger partial charge is 0.148 e. The van der Waals surface area contributed by atoms with Gasteiger partial charge in [-0.25, -0.2) is 9.97 Å². The van der Waals surface area contributed by atoms with Gasteiger partial charge in [-0.15, -0.1) is 0 Å². The average molecular weight is 317 g/mol. The van der Waals surface area contributed by atoms with Gasteiger partial charge in [-0.05, 0) is 37.3 Å². The Morgan fingerprint density at radius 1 is 1.36 bits per heavy atom. The molecule has 1 atom stereocenters. The fraction of sp³-hybridized carbons (Fsp3) is 0.412. The van der Waals surface area contributed by atoms with Gasteiger partial charge in [0.2, 0.25) is 0 Å². The number of anilines is 2. The summed E-state index contributed by atoms with van der Waals surface area (Å²) in [7, 11) is 0. The number of para-hydroxylation sites is 1. The molecule has 2 N–H and O–H groups in total. The maximum absolute atomic E-state index is 6.38. The second-order valence-corrected chi connectivity index (χ2v) is 5.99. The van der Waals surface area contributed by atoms with Crippen LogP contribution in [-0.2, 0) is 12.8 Å². The third kappa shape index (κ3) is 2.88. The van der Waals surface area contributed by atoms with Gasteiger partial charge < -0.3 is 10.6 Å². The van der Waals surface area contributed by atoms with Gasteiger partial charge in [0, 0.05) is 12.2 Å². The molecule has 116 valence electrons. The minimum Gasteiger partial charge on any atom is -0.385 e. The van der Waals surface area contributed by atoms with Gasteiger partial charge in [0.15, 0.2) is 0 Å². The monoisotopic (exact) mass is 316 g/mol. The zero-order valence-electron chi connectivity index (χ0n) is 13.0. The van der Waals surface area contributed by atoms with Gasteiger partial charge in [0.05, 0.1) is 11.7 Å². The third-order valence-electron chi connectivity index (χ3n) is 4.12. The number of aryl methyl sites for hydroxylation is 2. The molecule has 1 aromatic heterocycles. The van der Waals surface area contributed by atoms with Crippen LogP contribution in [0.1, 0.15) is 43.1 Å². The summed E-state index contributed by atoms with van der Waals surface area (Å²) in [4.78, 5) is 8.50. The van der Waals surface area contributed by atoms with Crippen LogP contribution in [0.25, 0.3) is 0 Å². The van der Waals surface area contributed by atoms with Gasteiger partial charge in [-0.3, -0.25) is 0 Å². The van der Waals surface area contributed by atoms with Crippen LogP contribution in [0.3, 0.4) is 0 Å². The molecule has 1 unspecified atom stereocenters. The summed E-state index contributed by atoms with van der Waals surface area (Å²) in [6.07, 6.45) is 4.69. The fourth-order valence-corrected chi connectivity index (χ4v) is 3.22. The van der Waals surface area contributed by atoms with E-state index in [0.29, 0.717) is 10.8 Å². The average Bonchev–Trinajstić information content (AvgIpc) is 2.56. The van der Waals surface area contributed by atoms with Gasteiger partial charge in [-0.2, -0.15) is 0 Å². The minimum atomic E-state index is 0.123. The summed E-state index contributed by atoms with van der Waals surface area (Å²) in [6.45, 7) is 5.21. The molecule has 5 heteroatoms. The molecule has 1 aromatic carbocycles. The number of rotatable bonds is 4. The van der Waals surface area contributed by atoms with Crippen molar-refractivity contribution in [3.63, 3.8) is 0 Å². The molecular formula is C17H21ClN4. The number of nitrogens with zero attached hydrogens (tertiary/aromatic N) is 2. The van der Waals surface area contributed by atoms with E-state index >= 15 is 0 Å². The summed E-state index contributed by atoms with van der Waals surface area (Å²) >= 11 is 6.38. The Balaban J connectivity index is 1.88. The first-order chi connectivity index (χ1) is 10.7. The molecule has 0 saturated carbocycles. The van der Waals surface area contributed by atoms with Crippen molar-refractivity contribution in [1.82, 2.24) is 9.97 Å². The highest BCUT2D eigenvalue weighted by atomic mass is 35.5. The maximum atomic E-state index is 6.38. The highest BCUT2D eigenvalue weighted by Gasteiger charge is 2.18. The molecule has 22 heavy (non-hydrogen) atoms. The molecule has 3 rings (SSSR count). The summed E-state index contributed by atoms with van der Waals surface area (Å²) in [5.74, 6) is 0.703. The number of hydrogen-bond donors (Lipinski definition) is 2. The van der Waals surface area contributed by atoms with Crippen molar-refractivity contribution < 1.29 is 0 Å². The predicted octanol–water partition coefficient (Wildman–Crippen LogP) is 4.22. The number of hydrogen-bond acceptors (Lipinski definition) is 4. The molecule has 2 heterocycles. The van der Waals surface area contributed by atoms with E-state index in [-0.39, 0.29) is 6.04 Å². The quantitative estimate of drug-likeness (QED) is 0.886. The molecular weight excluding hydrogens is 296 g/mol. The number of fused-ring (bicyclic) bond motifs is 1. The van der Waals surface area contributed by atoms with Crippen LogP contribution in [0.4, 0.5) is 11.5 Å². The third-order valence-corrected chi connectivity index (χ3v) is 4.52. The molecule has 4 nitrogen and oxygen atoms in total. The summed E-state index contributed by atoms with van der Waals surface area (Å²) in [5.41, 5.74) is 4.78. The van der Waals surface area contributed by atoms with E-state index in [4.69, 9.17) is 11.6 Å². The number of nitrogens with one attached hydrogen (secondary N) is 2. The SMILES string of the molecule is CCc1ncnc(NC(C)c2cccc3c2NCCC3)c1Cl. The van der Waals surface area contributed by atoms with Crippen molar-refractivity contribution >= 4 is 23.1 Å². The summed E-state index contributed by atoms with van der Waals surface area (Å²) < 4.78 is 0. The lowest BCUT2D eigenvalue weighted by Gasteiger charge is -2.25. The van der Waals surface area contributed by atoms with E-state index < -0.39 is 0 Å². The topological polar surface area (TPSA) is 49.8 Å². The summed E-state index contributed by atoms with van der Waals surface area (Å²) in [5, 5.41) is 7.58. The normalized spacial score (nSPS) is 14.9. The molecule has 0 spiro atoms. The van der Waals surface area contributed by atoms with E-state index in [0.717, 1.165) is 25.1 Å². The largest absolute Gasteiger partial charge is 0.385 e. The van der Waals surface area contributed by atoms with E-state index in [1.54, 1.807) is 6.33 Å². The van der Waals surface area contributed by atoms with Crippen LogP contribution < -0.4 is 10.6 Å². The van der Waals surface area contributed by atoms with Gasteiger partial charge in [0.25, 0.3) is 0 Å². The van der Waals surface area contributed by atoms with Crippen LogP contribution in [0.2, 0.25) is 5.02 Å². The standard InChI is InChI=1S/C17H21ClN4/c1-3-14-15(18)17(21-10-20-14)22-11(2)13-8-4-6-12-7-5-9-19-16(12)13/h4,6,8,10-11,19H,3,5,7,9H2,1-2H3,(H,20,21,22). The Morgan fingerprint density at radius 3 is 3.05 bits per heavy atom. The molecule has 2 aromatic rings. The second kappa shape index (κ2) is 6.53. The van der Waals surface area contributed by atoms with Crippen LogP contribution in [0, 0.1) is 0 Å². The highest BCUT2D eigenvalue weighted by molar-refractivity contribution is 6.33. The Hall–Kier alpha value is -1.81. The van der Waals surface area contributed by atoms with Crippen LogP contribution in [0.15, 0.2) is 24.5 Å². The Bertz CT molecular complexity index is 672. The molecule has 0 aliphatic carbocycles. The van der Waals surface area contributed by atoms with Crippen molar-refractivity contribution in [2.45, 2.75) is 39.2 Å². The minimum absolute atomic E-state index is 0.123. The molecule has 0 bridgehead atoms. The zero-order chi connectivity index (χ0) is 15.5. The van der Waals surface area contributed by atoms with Crippen LogP contribution >= 0.6 is 11.6 Å². The van der Waals surface area contributed by atoms with Gasteiger partial charge in [-0.1, -0.05) is 36.7 Å². The van der Waals surface area contributed by atoms with E-state index in [1.165, 1.54) is 23.2 Å². The number of aromatic nitrogens is 2. The van der Waals surface area contributed by atoms with Crippen molar-refractivity contribution in [2.24, 2.45) is 0 Å². The van der Waals surface area contributed by atoms with Crippen molar-refractivity contribution in [3.8, 4) is 0 Å². The number of halogens is 1. The van der Waals surface area contributed by atoms with E-state index in [1.807, 2.05) is 6.92 Å². The zero-order valence-corrected chi connectivity index (χ0v) is 13.7. The molecule has 1 aliphatic heterocycles. The van der Waals surface area contributed by atoms with Gasteiger partial charge in [0.1, 0.15) is 17.2 Å². The highest BCUT2D eigenvalue weighted by Crippen LogP contribution is 2.33. The molecule has 0 radical (unpaired) electrons. The first kappa shape index (κ1) is 15.1. The van der Waals surface area contributed by atoms with Gasteiger partial charge >= 0.3 is 0 Å². The first-order valence-electron chi connectivity index (χ1n) is 7.82. The Morgan fingerprint density at radius 2 is 2.23 bits per heavy atom. The number of benzene rings is 1. The Kier molecular flexibility index (Phi) is 4.48.